The molecule has 1 aromatic heterocycles. The molecule has 0 aliphatic rings. The fraction of sp³-hybridized carbons (Fsp3) is 0.375. The number of pyridine rings is 1. The number of aromatic nitrogens is 1. The fourth-order valence-electron chi connectivity index (χ4n) is 0.944. The predicted octanol–water partition coefficient (Wildman–Crippen LogP) is 0.477. The Morgan fingerprint density at radius 1 is 1.36 bits per heavy atom. The molecule has 0 bridgehead atoms. The van der Waals surface area contributed by atoms with E-state index in [9.17, 15) is 0 Å². The molecular weight excluding hydrogens is 138 g/mol. The van der Waals surface area contributed by atoms with Crippen molar-refractivity contribution in [3.05, 3.63) is 30.1 Å². The molecule has 60 valence electrons. The Kier molecular flexibility index (Phi) is 3.58. The summed E-state index contributed by atoms with van der Waals surface area (Å²) in [6.45, 7) is 0.863. The quantitative estimate of drug-likeness (QED) is 0.374. The van der Waals surface area contributed by atoms with Gasteiger partial charge in [-0.2, -0.15) is 0 Å². The van der Waals surface area contributed by atoms with Crippen LogP contribution >= 0.6 is 0 Å². The molecule has 0 unspecified atom stereocenters. The molecule has 0 atom stereocenters. The summed E-state index contributed by atoms with van der Waals surface area (Å²) < 4.78 is 0. The van der Waals surface area contributed by atoms with Crippen molar-refractivity contribution in [1.29, 1.82) is 0 Å². The molecule has 0 aliphatic heterocycles. The molecule has 0 spiro atoms. The zero-order chi connectivity index (χ0) is 7.94. The summed E-state index contributed by atoms with van der Waals surface area (Å²) in [5.74, 6) is 5.13. The molecule has 0 radical (unpaired) electrons. The number of hydrogen-bond donors (Lipinski definition) is 2. The van der Waals surface area contributed by atoms with Gasteiger partial charge in [-0.25, -0.2) is 0 Å². The van der Waals surface area contributed by atoms with Gasteiger partial charge < -0.3 is 0 Å². The zero-order valence-corrected chi connectivity index (χ0v) is 6.46. The van der Waals surface area contributed by atoms with Crippen molar-refractivity contribution in [2.45, 2.75) is 12.8 Å². The van der Waals surface area contributed by atoms with Crippen molar-refractivity contribution < 1.29 is 0 Å². The number of nitrogens with zero attached hydrogens (tertiary/aromatic N) is 1. The lowest BCUT2D eigenvalue weighted by Gasteiger charge is -1.98. The highest BCUT2D eigenvalue weighted by molar-refractivity contribution is 5.09. The van der Waals surface area contributed by atoms with E-state index in [0.717, 1.165) is 19.4 Å². The molecule has 3 nitrogen and oxygen atoms in total. The van der Waals surface area contributed by atoms with Gasteiger partial charge in [-0.3, -0.25) is 16.3 Å². The van der Waals surface area contributed by atoms with Crippen molar-refractivity contribution in [3.8, 4) is 0 Å². The normalized spacial score (nSPS) is 9.91. The van der Waals surface area contributed by atoms with Gasteiger partial charge in [-0.15, -0.1) is 0 Å². The van der Waals surface area contributed by atoms with Crippen molar-refractivity contribution in [1.82, 2.24) is 10.4 Å². The molecule has 1 rings (SSSR count). The third kappa shape index (κ3) is 3.11. The lowest BCUT2D eigenvalue weighted by atomic mass is 10.1. The summed E-state index contributed by atoms with van der Waals surface area (Å²) >= 11 is 0. The monoisotopic (exact) mass is 151 g/mol. The van der Waals surface area contributed by atoms with Crippen LogP contribution in [0.3, 0.4) is 0 Å². The van der Waals surface area contributed by atoms with Crippen LogP contribution in [0.25, 0.3) is 0 Å². The van der Waals surface area contributed by atoms with E-state index < -0.39 is 0 Å². The summed E-state index contributed by atoms with van der Waals surface area (Å²) in [5.41, 5.74) is 3.94. The van der Waals surface area contributed by atoms with Crippen LogP contribution < -0.4 is 11.3 Å². The van der Waals surface area contributed by atoms with E-state index in [1.54, 1.807) is 0 Å². The Hall–Kier alpha value is -0.930. The summed E-state index contributed by atoms with van der Waals surface area (Å²) in [5, 5.41) is 0. The summed E-state index contributed by atoms with van der Waals surface area (Å²) in [6, 6.07) is 4.05. The van der Waals surface area contributed by atoms with Crippen molar-refractivity contribution in [2.75, 3.05) is 6.54 Å². The highest BCUT2D eigenvalue weighted by Gasteiger charge is 1.89. The summed E-state index contributed by atoms with van der Waals surface area (Å²) in [7, 11) is 0. The molecule has 0 saturated carbocycles. The lowest BCUT2D eigenvalue weighted by molar-refractivity contribution is 0.679. The molecule has 3 heteroatoms. The Balaban J connectivity index is 2.28. The number of rotatable bonds is 4. The van der Waals surface area contributed by atoms with Gasteiger partial charge in [0.05, 0.1) is 0 Å². The van der Waals surface area contributed by atoms with Gasteiger partial charge >= 0.3 is 0 Å². The lowest BCUT2D eigenvalue weighted by Crippen LogP contribution is -2.23. The average molecular weight is 151 g/mol. The minimum Gasteiger partial charge on any atom is -0.271 e. The van der Waals surface area contributed by atoms with Crippen molar-refractivity contribution in [3.63, 3.8) is 0 Å². The van der Waals surface area contributed by atoms with Gasteiger partial charge in [0, 0.05) is 18.9 Å². The van der Waals surface area contributed by atoms with Crippen LogP contribution in [-0.2, 0) is 6.42 Å². The molecule has 3 N–H and O–H groups in total. The van der Waals surface area contributed by atoms with Crippen LogP contribution in [0.15, 0.2) is 24.5 Å². The van der Waals surface area contributed by atoms with Crippen LogP contribution in [-0.4, -0.2) is 11.5 Å². The smallest absolute Gasteiger partial charge is 0.0270 e. The first-order valence-corrected chi connectivity index (χ1v) is 3.76. The number of hydrazine groups is 1. The van der Waals surface area contributed by atoms with E-state index in [1.807, 2.05) is 24.5 Å². The second kappa shape index (κ2) is 4.82. The van der Waals surface area contributed by atoms with Crippen LogP contribution in [0.4, 0.5) is 0 Å². The summed E-state index contributed by atoms with van der Waals surface area (Å²) in [6.07, 6.45) is 5.75. The highest BCUT2D eigenvalue weighted by Crippen LogP contribution is 1.98. The van der Waals surface area contributed by atoms with Crippen LogP contribution in [0.1, 0.15) is 12.0 Å². The van der Waals surface area contributed by atoms with Crippen molar-refractivity contribution in [2.24, 2.45) is 5.84 Å². The molecule has 0 fully saturated rings. The predicted molar refractivity (Wildman–Crippen MR) is 44.7 cm³/mol. The molecular formula is C8H13N3. The molecule has 1 heterocycles. The first-order chi connectivity index (χ1) is 5.43. The van der Waals surface area contributed by atoms with E-state index in [2.05, 4.69) is 10.4 Å². The van der Waals surface area contributed by atoms with Gasteiger partial charge in [0.2, 0.25) is 0 Å². The fourth-order valence-corrected chi connectivity index (χ4v) is 0.944. The molecule has 11 heavy (non-hydrogen) atoms. The van der Waals surface area contributed by atoms with Gasteiger partial charge in [0.15, 0.2) is 0 Å². The Morgan fingerprint density at radius 2 is 2.09 bits per heavy atom. The molecule has 1 aromatic rings. The zero-order valence-electron chi connectivity index (χ0n) is 6.46. The van der Waals surface area contributed by atoms with Crippen molar-refractivity contribution >= 4 is 0 Å². The van der Waals surface area contributed by atoms with E-state index in [-0.39, 0.29) is 0 Å². The third-order valence-electron chi connectivity index (χ3n) is 1.54. The van der Waals surface area contributed by atoms with E-state index in [4.69, 9.17) is 5.84 Å². The minimum absolute atomic E-state index is 0.863. The van der Waals surface area contributed by atoms with Crippen LogP contribution in [0.5, 0.6) is 0 Å². The Morgan fingerprint density at radius 3 is 2.73 bits per heavy atom. The number of aryl methyl sites for hydroxylation is 1. The highest BCUT2D eigenvalue weighted by atomic mass is 15.2. The second-order valence-electron chi connectivity index (χ2n) is 2.41. The maximum Gasteiger partial charge on any atom is 0.0270 e. The second-order valence-corrected chi connectivity index (χ2v) is 2.41. The molecule has 0 aromatic carbocycles. The van der Waals surface area contributed by atoms with E-state index in [1.165, 1.54) is 5.56 Å². The molecule has 0 saturated heterocycles. The maximum absolute atomic E-state index is 5.13. The SMILES string of the molecule is NNCCCc1ccncc1. The maximum atomic E-state index is 5.13. The average Bonchev–Trinajstić information content (AvgIpc) is 2.07. The largest absolute Gasteiger partial charge is 0.271 e. The minimum atomic E-state index is 0.863. The Bertz CT molecular complexity index is 186. The number of nitrogens with two attached hydrogens (primary N) is 1. The molecule has 0 amide bonds. The van der Waals surface area contributed by atoms with Gasteiger partial charge in [0.25, 0.3) is 0 Å². The third-order valence-corrected chi connectivity index (χ3v) is 1.54. The first-order valence-electron chi connectivity index (χ1n) is 3.76. The van der Waals surface area contributed by atoms with Gasteiger partial charge in [-0.1, -0.05) is 0 Å². The number of nitrogens with one attached hydrogen (secondary N) is 1. The number of hydrogen-bond acceptors (Lipinski definition) is 3. The molecule has 0 aliphatic carbocycles. The van der Waals surface area contributed by atoms with Crippen LogP contribution in [0.2, 0.25) is 0 Å². The first kappa shape index (κ1) is 8.17. The van der Waals surface area contributed by atoms with E-state index >= 15 is 0 Å². The Labute approximate surface area is 66.6 Å². The van der Waals surface area contributed by atoms with E-state index in [0.29, 0.717) is 0 Å². The van der Waals surface area contributed by atoms with Gasteiger partial charge in [0.1, 0.15) is 0 Å². The topological polar surface area (TPSA) is 50.9 Å². The van der Waals surface area contributed by atoms with Gasteiger partial charge in [-0.05, 0) is 30.5 Å². The van der Waals surface area contributed by atoms with Crippen LogP contribution in [0, 0.1) is 0 Å². The summed E-state index contributed by atoms with van der Waals surface area (Å²) in [4.78, 5) is 3.93. The standard InChI is InChI=1S/C8H13N3/c9-11-5-1-2-8-3-6-10-7-4-8/h3-4,6-7,11H,1-2,5,9H2.